The smallest absolute Gasteiger partial charge is 0.238 e. The van der Waals surface area contributed by atoms with Gasteiger partial charge in [-0.1, -0.05) is 18.2 Å². The second-order valence-electron chi connectivity index (χ2n) is 7.69. The van der Waals surface area contributed by atoms with Crippen molar-refractivity contribution in [2.45, 2.75) is 6.04 Å². The quantitative estimate of drug-likeness (QED) is 0.338. The molecule has 4 aromatic rings. The van der Waals surface area contributed by atoms with Gasteiger partial charge in [0.05, 0.1) is 13.7 Å². The number of carbonyl (C=O) groups excluding carboxylic acids is 1. The highest BCUT2D eigenvalue weighted by molar-refractivity contribution is 5.92. The molecule has 0 aliphatic heterocycles. The van der Waals surface area contributed by atoms with E-state index in [1.54, 1.807) is 38.4 Å². The first-order valence-electron chi connectivity index (χ1n) is 10.9. The van der Waals surface area contributed by atoms with E-state index >= 15 is 0 Å². The molecule has 10 heteroatoms. The zero-order valence-electron chi connectivity index (χ0n) is 19.4. The number of nitrogens with zero attached hydrogens (tertiary/aromatic N) is 4. The zero-order chi connectivity index (χ0) is 24.5. The maximum Gasteiger partial charge on any atom is 0.238 e. The van der Waals surface area contributed by atoms with Crippen LogP contribution < -0.4 is 19.5 Å². The Hall–Kier alpha value is -4.44. The monoisotopic (exact) mass is 474 g/mol. The fourth-order valence-electron chi connectivity index (χ4n) is 3.34. The van der Waals surface area contributed by atoms with E-state index in [1.807, 2.05) is 59.5 Å². The molecule has 0 saturated carbocycles. The van der Waals surface area contributed by atoms with Crippen molar-refractivity contribution in [1.29, 1.82) is 0 Å². The normalized spacial score (nSPS) is 11.6. The van der Waals surface area contributed by atoms with Gasteiger partial charge >= 0.3 is 0 Å². The van der Waals surface area contributed by atoms with Gasteiger partial charge in [-0.25, -0.2) is 5.10 Å². The first kappa shape index (κ1) is 23.7. The lowest BCUT2D eigenvalue weighted by atomic mass is 10.2. The summed E-state index contributed by atoms with van der Waals surface area (Å²) < 4.78 is 16.9. The summed E-state index contributed by atoms with van der Waals surface area (Å²) in [6, 6.07) is 23.6. The van der Waals surface area contributed by atoms with E-state index in [0.29, 0.717) is 23.0 Å². The molecule has 0 saturated heterocycles. The lowest BCUT2D eigenvalue weighted by Gasteiger charge is -2.25. The summed E-state index contributed by atoms with van der Waals surface area (Å²) in [5.74, 6) is 3.14. The van der Waals surface area contributed by atoms with Gasteiger partial charge in [0.2, 0.25) is 5.91 Å². The van der Waals surface area contributed by atoms with E-state index in [-0.39, 0.29) is 25.1 Å². The predicted molar refractivity (Wildman–Crippen MR) is 130 cm³/mol. The molecule has 2 N–H and O–H groups in total. The van der Waals surface area contributed by atoms with Crippen molar-refractivity contribution in [1.82, 2.24) is 25.5 Å². The molecule has 0 aliphatic carbocycles. The van der Waals surface area contributed by atoms with Crippen LogP contribution in [0.5, 0.6) is 23.0 Å². The molecule has 0 radical (unpaired) electrons. The topological polar surface area (TPSA) is 114 Å². The van der Waals surface area contributed by atoms with Gasteiger partial charge in [-0.05, 0) is 78.1 Å². The number of aromatic amines is 1. The number of methoxy groups -OCH3 is 1. The van der Waals surface area contributed by atoms with Gasteiger partial charge in [0, 0.05) is 5.69 Å². The Labute approximate surface area is 202 Å². The van der Waals surface area contributed by atoms with E-state index in [4.69, 9.17) is 14.2 Å². The van der Waals surface area contributed by atoms with Crippen LogP contribution in [0.15, 0.2) is 78.9 Å². The van der Waals surface area contributed by atoms with Crippen molar-refractivity contribution in [3.8, 4) is 23.0 Å². The van der Waals surface area contributed by atoms with Crippen molar-refractivity contribution in [3.05, 3.63) is 84.7 Å². The molecule has 1 aromatic heterocycles. The van der Waals surface area contributed by atoms with Crippen LogP contribution in [0.1, 0.15) is 11.9 Å². The molecule has 0 bridgehead atoms. The van der Waals surface area contributed by atoms with Crippen LogP contribution in [0.25, 0.3) is 0 Å². The van der Waals surface area contributed by atoms with Crippen LogP contribution in [0, 0.1) is 0 Å². The largest absolute Gasteiger partial charge is 0.497 e. The van der Waals surface area contributed by atoms with Gasteiger partial charge in [0.15, 0.2) is 5.82 Å². The number of hydrogen-bond donors (Lipinski definition) is 2. The molecule has 10 nitrogen and oxygen atoms in total. The van der Waals surface area contributed by atoms with Crippen molar-refractivity contribution in [2.75, 3.05) is 32.6 Å². The second kappa shape index (κ2) is 11.6. The summed E-state index contributed by atoms with van der Waals surface area (Å²) in [7, 11) is 3.41. The lowest BCUT2D eigenvalue weighted by molar-refractivity contribution is -0.117. The number of aromatic nitrogens is 4. The van der Waals surface area contributed by atoms with Crippen LogP contribution in [-0.4, -0.2) is 58.7 Å². The first-order valence-corrected chi connectivity index (χ1v) is 10.9. The molecule has 35 heavy (non-hydrogen) atoms. The molecule has 0 aliphatic rings. The maximum atomic E-state index is 12.7. The van der Waals surface area contributed by atoms with Gasteiger partial charge in [-0.2, -0.15) is 0 Å². The summed E-state index contributed by atoms with van der Waals surface area (Å²) in [5.41, 5.74) is 0.663. The van der Waals surface area contributed by atoms with Crippen molar-refractivity contribution >= 4 is 11.6 Å². The molecule has 4 rings (SSSR count). The van der Waals surface area contributed by atoms with Crippen LogP contribution >= 0.6 is 0 Å². The number of carbonyl (C=O) groups is 1. The fraction of sp³-hybridized carbons (Fsp3) is 0.200. The molecule has 1 heterocycles. The molecular formula is C25H26N6O4. The number of H-pyrrole nitrogens is 1. The fourth-order valence-corrected chi connectivity index (χ4v) is 3.34. The highest BCUT2D eigenvalue weighted by atomic mass is 16.5. The number of para-hydroxylation sites is 1. The molecule has 1 amide bonds. The third-order valence-electron chi connectivity index (χ3n) is 5.19. The number of anilines is 1. The average Bonchev–Trinajstić information content (AvgIpc) is 3.41. The zero-order valence-corrected chi connectivity index (χ0v) is 19.4. The predicted octanol–water partition coefficient (Wildman–Crippen LogP) is 3.69. The highest BCUT2D eigenvalue weighted by Crippen LogP contribution is 2.23. The number of nitrogens with one attached hydrogen (secondary N) is 2. The van der Waals surface area contributed by atoms with E-state index in [1.165, 1.54) is 0 Å². The maximum absolute atomic E-state index is 12.7. The van der Waals surface area contributed by atoms with E-state index < -0.39 is 0 Å². The van der Waals surface area contributed by atoms with E-state index in [2.05, 4.69) is 25.9 Å². The van der Waals surface area contributed by atoms with Gasteiger partial charge in [0.25, 0.3) is 0 Å². The van der Waals surface area contributed by atoms with Gasteiger partial charge in [-0.3, -0.25) is 9.69 Å². The number of benzene rings is 3. The molecule has 3 aromatic carbocycles. The Morgan fingerprint density at radius 3 is 2.26 bits per heavy atom. The number of rotatable bonds is 11. The van der Waals surface area contributed by atoms with Crippen molar-refractivity contribution in [2.24, 2.45) is 0 Å². The second-order valence-corrected chi connectivity index (χ2v) is 7.69. The lowest BCUT2D eigenvalue weighted by Crippen LogP contribution is -2.36. The van der Waals surface area contributed by atoms with Crippen molar-refractivity contribution in [3.63, 3.8) is 0 Å². The molecule has 1 unspecified atom stereocenters. The number of tetrazole rings is 1. The van der Waals surface area contributed by atoms with Crippen LogP contribution in [0.2, 0.25) is 0 Å². The summed E-state index contributed by atoms with van der Waals surface area (Å²) in [6.07, 6.45) is 0. The Morgan fingerprint density at radius 2 is 1.60 bits per heavy atom. The first-order chi connectivity index (χ1) is 17.1. The molecule has 180 valence electrons. The number of ether oxygens (including phenoxy) is 3. The Kier molecular flexibility index (Phi) is 7.87. The number of amides is 1. The number of likely N-dealkylation sites (N-methyl/N-ethyl adjacent to an activating group) is 1. The molecular weight excluding hydrogens is 448 g/mol. The standard InChI is InChI=1S/C25H26N6O4/c1-31(23(25-27-29-30-28-25)17-34-20-14-12-19(33-2)13-15-20)16-24(32)26-18-8-10-22(11-9-18)35-21-6-4-3-5-7-21/h3-15,23H,16-17H2,1-2H3,(H,26,32)(H,27,28,29,30). The number of hydrogen-bond acceptors (Lipinski definition) is 8. The van der Waals surface area contributed by atoms with Crippen LogP contribution in [0.4, 0.5) is 5.69 Å². The average molecular weight is 475 g/mol. The third kappa shape index (κ3) is 6.78. The summed E-state index contributed by atoms with van der Waals surface area (Å²) in [5, 5.41) is 17.0. The molecule has 1 atom stereocenters. The van der Waals surface area contributed by atoms with Gasteiger partial charge in [-0.15, -0.1) is 5.10 Å². The molecule has 0 fully saturated rings. The van der Waals surface area contributed by atoms with Crippen LogP contribution in [0.3, 0.4) is 0 Å². The van der Waals surface area contributed by atoms with Crippen LogP contribution in [-0.2, 0) is 4.79 Å². The highest BCUT2D eigenvalue weighted by Gasteiger charge is 2.23. The van der Waals surface area contributed by atoms with Gasteiger partial charge in [0.1, 0.15) is 35.6 Å². The van der Waals surface area contributed by atoms with E-state index in [0.717, 1.165) is 11.5 Å². The minimum absolute atomic E-state index is 0.0968. The summed E-state index contributed by atoms with van der Waals surface area (Å²) >= 11 is 0. The Bertz CT molecular complexity index is 1190. The Balaban J connectivity index is 1.33. The van der Waals surface area contributed by atoms with Gasteiger partial charge < -0.3 is 19.5 Å². The third-order valence-corrected chi connectivity index (χ3v) is 5.19. The summed E-state index contributed by atoms with van der Waals surface area (Å²) in [4.78, 5) is 14.5. The van der Waals surface area contributed by atoms with E-state index in [9.17, 15) is 4.79 Å². The van der Waals surface area contributed by atoms with Crippen molar-refractivity contribution < 1.29 is 19.0 Å². The summed E-state index contributed by atoms with van der Waals surface area (Å²) in [6.45, 7) is 0.331. The SMILES string of the molecule is COc1ccc(OCC(c2nnn[nH]2)N(C)CC(=O)Nc2ccc(Oc3ccccc3)cc2)cc1. The molecule has 0 spiro atoms. The minimum Gasteiger partial charge on any atom is -0.497 e. The Morgan fingerprint density at radius 1 is 0.943 bits per heavy atom. The minimum atomic E-state index is -0.375.